The molecule has 0 unspecified atom stereocenters. The summed E-state index contributed by atoms with van der Waals surface area (Å²) in [5, 5.41) is 9.16. The van der Waals surface area contributed by atoms with Crippen molar-refractivity contribution in [3.63, 3.8) is 0 Å². The van der Waals surface area contributed by atoms with E-state index in [2.05, 4.69) is 6.58 Å². The van der Waals surface area contributed by atoms with Gasteiger partial charge in [-0.05, 0) is 30.3 Å². The maximum absolute atomic E-state index is 12.9. The minimum Gasteiger partial charge on any atom is -0.489 e. The smallest absolute Gasteiger partial charge is 0.335 e. The van der Waals surface area contributed by atoms with Crippen molar-refractivity contribution in [1.29, 1.82) is 0 Å². The van der Waals surface area contributed by atoms with Crippen LogP contribution in [0, 0.1) is 0 Å². The first-order valence-electron chi connectivity index (χ1n) is 7.95. The molecule has 5 nitrogen and oxygen atoms in total. The number of rotatable bonds is 6. The van der Waals surface area contributed by atoms with Gasteiger partial charge in [-0.2, -0.15) is 0 Å². The first kappa shape index (κ1) is 18.9. The Morgan fingerprint density at radius 2 is 2.04 bits per heavy atom. The van der Waals surface area contributed by atoms with Crippen molar-refractivity contribution < 1.29 is 19.4 Å². The molecule has 2 aromatic rings. The molecule has 0 aromatic heterocycles. The number of aromatic carboxylic acids is 1. The summed E-state index contributed by atoms with van der Waals surface area (Å²) in [6.07, 6.45) is 3.37. The fourth-order valence-electron chi connectivity index (χ4n) is 2.49. The van der Waals surface area contributed by atoms with Crippen LogP contribution in [0.1, 0.15) is 15.9 Å². The number of carbonyl (C=O) groups is 2. The molecule has 0 aliphatic carbocycles. The standard InChI is InChI=1S/C20H15NO4S2/c1-2-10-25-16-9-4-3-6-13(16)12-17-18(22)21(20(26)27-17)15-8-5-7-14(11-15)19(23)24/h2-9,11-12H,1,10H2,(H,23,24). The van der Waals surface area contributed by atoms with Crippen LogP contribution >= 0.6 is 24.0 Å². The fourth-order valence-corrected chi connectivity index (χ4v) is 3.78. The van der Waals surface area contributed by atoms with E-state index in [1.165, 1.54) is 17.0 Å². The van der Waals surface area contributed by atoms with Crippen LogP contribution < -0.4 is 9.64 Å². The Balaban J connectivity index is 1.93. The summed E-state index contributed by atoms with van der Waals surface area (Å²) in [6, 6.07) is 13.5. The molecule has 1 aliphatic rings. The number of thioether (sulfide) groups is 1. The Kier molecular flexibility index (Phi) is 5.73. The summed E-state index contributed by atoms with van der Waals surface area (Å²) >= 11 is 6.50. The Morgan fingerprint density at radius 3 is 2.78 bits per heavy atom. The molecule has 0 atom stereocenters. The number of ether oxygens (including phenoxy) is 1. The third-order valence-electron chi connectivity index (χ3n) is 3.71. The van der Waals surface area contributed by atoms with Gasteiger partial charge in [0.25, 0.3) is 5.91 Å². The molecule has 1 saturated heterocycles. The van der Waals surface area contributed by atoms with Gasteiger partial charge >= 0.3 is 5.97 Å². The van der Waals surface area contributed by atoms with Gasteiger partial charge < -0.3 is 9.84 Å². The summed E-state index contributed by atoms with van der Waals surface area (Å²) < 4.78 is 5.96. The Bertz CT molecular complexity index is 968. The minimum atomic E-state index is -1.06. The third kappa shape index (κ3) is 4.10. The van der Waals surface area contributed by atoms with Crippen LogP contribution in [0.15, 0.2) is 66.1 Å². The largest absolute Gasteiger partial charge is 0.489 e. The highest BCUT2D eigenvalue weighted by atomic mass is 32.2. The number of amides is 1. The number of thiocarbonyl (C=S) groups is 1. The molecule has 0 bridgehead atoms. The van der Waals surface area contributed by atoms with Gasteiger partial charge in [0.05, 0.1) is 16.2 Å². The van der Waals surface area contributed by atoms with Gasteiger partial charge in [-0.25, -0.2) is 4.79 Å². The first-order valence-corrected chi connectivity index (χ1v) is 9.18. The van der Waals surface area contributed by atoms with Crippen LogP contribution in [0.25, 0.3) is 6.08 Å². The lowest BCUT2D eigenvalue weighted by molar-refractivity contribution is -0.113. The minimum absolute atomic E-state index is 0.0914. The van der Waals surface area contributed by atoms with E-state index in [0.717, 1.165) is 17.3 Å². The van der Waals surface area contributed by atoms with E-state index in [1.54, 1.807) is 24.3 Å². The molecule has 0 saturated carbocycles. The van der Waals surface area contributed by atoms with E-state index in [1.807, 2.05) is 24.3 Å². The molecule has 3 rings (SSSR count). The zero-order chi connectivity index (χ0) is 19.4. The lowest BCUT2D eigenvalue weighted by atomic mass is 10.1. The number of benzene rings is 2. The van der Waals surface area contributed by atoms with E-state index < -0.39 is 5.97 Å². The second-order valence-electron chi connectivity index (χ2n) is 5.51. The summed E-state index contributed by atoms with van der Waals surface area (Å²) in [7, 11) is 0. The van der Waals surface area contributed by atoms with Crippen molar-refractivity contribution in [3.05, 3.63) is 77.2 Å². The average Bonchev–Trinajstić information content (AvgIpc) is 2.94. The molecule has 1 heterocycles. The number of hydrogen-bond donors (Lipinski definition) is 1. The van der Waals surface area contributed by atoms with Crippen LogP contribution in [0.4, 0.5) is 5.69 Å². The predicted octanol–water partition coefficient (Wildman–Crippen LogP) is 4.36. The number of anilines is 1. The first-order chi connectivity index (χ1) is 13.0. The van der Waals surface area contributed by atoms with Crippen LogP contribution in [-0.2, 0) is 4.79 Å². The van der Waals surface area contributed by atoms with Crippen LogP contribution in [-0.4, -0.2) is 27.9 Å². The second-order valence-corrected chi connectivity index (χ2v) is 7.19. The monoisotopic (exact) mass is 397 g/mol. The normalized spacial score (nSPS) is 15.3. The SMILES string of the molecule is C=CCOc1ccccc1C=C1SC(=S)N(c2cccc(C(=O)O)c2)C1=O. The summed E-state index contributed by atoms with van der Waals surface area (Å²) in [5.74, 6) is -0.729. The number of hydrogen-bond acceptors (Lipinski definition) is 5. The number of nitrogens with zero attached hydrogens (tertiary/aromatic N) is 1. The van der Waals surface area contributed by atoms with E-state index in [0.29, 0.717) is 27.3 Å². The molecule has 0 radical (unpaired) electrons. The van der Waals surface area contributed by atoms with E-state index >= 15 is 0 Å². The van der Waals surface area contributed by atoms with Crippen LogP contribution in [0.3, 0.4) is 0 Å². The molecule has 27 heavy (non-hydrogen) atoms. The van der Waals surface area contributed by atoms with Gasteiger partial charge in [0, 0.05) is 5.56 Å². The highest BCUT2D eigenvalue weighted by molar-refractivity contribution is 8.27. The fraction of sp³-hybridized carbons (Fsp3) is 0.0500. The number of carbonyl (C=O) groups excluding carboxylic acids is 1. The molecule has 1 fully saturated rings. The lowest BCUT2D eigenvalue weighted by Gasteiger charge is -2.14. The lowest BCUT2D eigenvalue weighted by Crippen LogP contribution is -2.27. The molecule has 1 amide bonds. The number of carboxylic acids is 1. The van der Waals surface area contributed by atoms with E-state index in [9.17, 15) is 9.59 Å². The Hall–Kier alpha value is -2.90. The zero-order valence-corrected chi connectivity index (χ0v) is 15.8. The van der Waals surface area contributed by atoms with Gasteiger partial charge in [-0.3, -0.25) is 9.69 Å². The maximum Gasteiger partial charge on any atom is 0.335 e. The topological polar surface area (TPSA) is 66.8 Å². The van der Waals surface area contributed by atoms with Gasteiger partial charge in [0.1, 0.15) is 12.4 Å². The van der Waals surface area contributed by atoms with Crippen molar-refractivity contribution >= 4 is 51.9 Å². The highest BCUT2D eigenvalue weighted by Gasteiger charge is 2.33. The molecular formula is C20H15NO4S2. The quantitative estimate of drug-likeness (QED) is 0.444. The van der Waals surface area contributed by atoms with Gasteiger partial charge in [-0.15, -0.1) is 0 Å². The van der Waals surface area contributed by atoms with E-state index in [4.69, 9.17) is 22.1 Å². The molecule has 0 spiro atoms. The number of para-hydroxylation sites is 1. The molecule has 7 heteroatoms. The van der Waals surface area contributed by atoms with Crippen LogP contribution in [0.2, 0.25) is 0 Å². The second kappa shape index (κ2) is 8.20. The van der Waals surface area contributed by atoms with Crippen molar-refractivity contribution in [3.8, 4) is 5.75 Å². The Labute approximate surface area is 165 Å². The maximum atomic E-state index is 12.9. The predicted molar refractivity (Wildman–Crippen MR) is 111 cm³/mol. The Morgan fingerprint density at radius 1 is 1.26 bits per heavy atom. The molecular weight excluding hydrogens is 382 g/mol. The molecule has 2 aromatic carbocycles. The number of carboxylic acid groups (broad SMARTS) is 1. The van der Waals surface area contributed by atoms with Crippen LogP contribution in [0.5, 0.6) is 5.75 Å². The summed E-state index contributed by atoms with van der Waals surface area (Å²) in [4.78, 5) is 25.8. The average molecular weight is 397 g/mol. The molecule has 136 valence electrons. The van der Waals surface area contributed by atoms with Crippen molar-refractivity contribution in [2.24, 2.45) is 0 Å². The van der Waals surface area contributed by atoms with Gasteiger partial charge in [0.2, 0.25) is 0 Å². The summed E-state index contributed by atoms with van der Waals surface area (Å²) in [5.41, 5.74) is 1.27. The van der Waals surface area contributed by atoms with Crippen molar-refractivity contribution in [2.75, 3.05) is 11.5 Å². The highest BCUT2D eigenvalue weighted by Crippen LogP contribution is 2.37. The zero-order valence-electron chi connectivity index (χ0n) is 14.1. The molecule has 1 aliphatic heterocycles. The van der Waals surface area contributed by atoms with Crippen molar-refractivity contribution in [2.45, 2.75) is 0 Å². The third-order valence-corrected chi connectivity index (χ3v) is 5.01. The van der Waals surface area contributed by atoms with Crippen molar-refractivity contribution in [1.82, 2.24) is 0 Å². The van der Waals surface area contributed by atoms with Gasteiger partial charge in [-0.1, -0.05) is 60.9 Å². The summed E-state index contributed by atoms with van der Waals surface area (Å²) in [6.45, 7) is 3.98. The van der Waals surface area contributed by atoms with Gasteiger partial charge in [0.15, 0.2) is 4.32 Å². The van der Waals surface area contributed by atoms with E-state index in [-0.39, 0.29) is 11.5 Å². The molecule has 1 N–H and O–H groups in total.